The van der Waals surface area contributed by atoms with Gasteiger partial charge in [-0.1, -0.05) is 13.8 Å². The zero-order valence-electron chi connectivity index (χ0n) is 11.9. The molecular formula is C13H23F2NO4. The molecule has 0 fully saturated rings. The Hall–Kier alpha value is -1.24. The molecule has 0 radical (unpaired) electrons. The van der Waals surface area contributed by atoms with Gasteiger partial charge in [-0.2, -0.15) is 0 Å². The number of carbonyl (C=O) groups excluding carboxylic acids is 1. The molecule has 0 aliphatic carbocycles. The normalized spacial score (nSPS) is 12.7. The molecule has 0 aromatic carbocycles. The van der Waals surface area contributed by atoms with Crippen LogP contribution in [0.25, 0.3) is 0 Å². The summed E-state index contributed by atoms with van der Waals surface area (Å²) in [6.07, 6.45) is -1.84. The van der Waals surface area contributed by atoms with Crippen molar-refractivity contribution in [3.8, 4) is 0 Å². The van der Waals surface area contributed by atoms with Gasteiger partial charge in [0.15, 0.2) is 0 Å². The number of carboxylic acid groups (broad SMARTS) is 1. The van der Waals surface area contributed by atoms with E-state index in [0.717, 1.165) is 0 Å². The van der Waals surface area contributed by atoms with Gasteiger partial charge in [0.05, 0.1) is 6.61 Å². The lowest BCUT2D eigenvalue weighted by Gasteiger charge is -2.17. The zero-order valence-corrected chi connectivity index (χ0v) is 11.9. The quantitative estimate of drug-likeness (QED) is 0.571. The van der Waals surface area contributed by atoms with Gasteiger partial charge >= 0.3 is 5.97 Å². The number of nitrogens with one attached hydrogen (secondary N) is 1. The highest BCUT2D eigenvalue weighted by atomic mass is 19.3. The third-order valence-electron chi connectivity index (χ3n) is 2.57. The molecule has 1 atom stereocenters. The Bertz CT molecular complexity index is 298. The molecule has 5 nitrogen and oxygen atoms in total. The first-order valence-corrected chi connectivity index (χ1v) is 6.65. The molecule has 0 aliphatic heterocycles. The number of alkyl halides is 2. The fourth-order valence-corrected chi connectivity index (χ4v) is 1.84. The average Bonchev–Trinajstić information content (AvgIpc) is 2.30. The summed E-state index contributed by atoms with van der Waals surface area (Å²) in [5.74, 6) is -1.01. The van der Waals surface area contributed by atoms with Crippen LogP contribution in [0.3, 0.4) is 0 Å². The van der Waals surface area contributed by atoms with E-state index >= 15 is 0 Å². The summed E-state index contributed by atoms with van der Waals surface area (Å²) in [6.45, 7) is 3.49. The van der Waals surface area contributed by atoms with E-state index in [4.69, 9.17) is 5.11 Å². The molecule has 7 heteroatoms. The average molecular weight is 295 g/mol. The first-order chi connectivity index (χ1) is 9.31. The minimum atomic E-state index is -2.54. The molecule has 1 amide bonds. The van der Waals surface area contributed by atoms with Gasteiger partial charge < -0.3 is 15.2 Å². The van der Waals surface area contributed by atoms with Crippen LogP contribution in [0.4, 0.5) is 8.78 Å². The summed E-state index contributed by atoms with van der Waals surface area (Å²) < 4.78 is 28.1. The summed E-state index contributed by atoms with van der Waals surface area (Å²) in [7, 11) is 0. The van der Waals surface area contributed by atoms with Crippen molar-refractivity contribution in [2.75, 3.05) is 19.8 Å². The highest BCUT2D eigenvalue weighted by Gasteiger charge is 2.16. The van der Waals surface area contributed by atoms with Crippen molar-refractivity contribution in [2.45, 2.75) is 39.5 Å². The summed E-state index contributed by atoms with van der Waals surface area (Å²) in [5, 5.41) is 11.4. The molecule has 0 bridgehead atoms. The topological polar surface area (TPSA) is 75.6 Å². The van der Waals surface area contributed by atoms with Gasteiger partial charge in [-0.05, 0) is 18.3 Å². The van der Waals surface area contributed by atoms with Crippen LogP contribution in [0.15, 0.2) is 0 Å². The molecule has 0 saturated carbocycles. The molecule has 0 rings (SSSR count). The van der Waals surface area contributed by atoms with E-state index in [1.165, 1.54) is 0 Å². The summed E-state index contributed by atoms with van der Waals surface area (Å²) in [4.78, 5) is 22.1. The van der Waals surface area contributed by atoms with Crippen molar-refractivity contribution in [1.29, 1.82) is 0 Å². The molecule has 0 heterocycles. The monoisotopic (exact) mass is 295 g/mol. The Kier molecular flexibility index (Phi) is 9.88. The first kappa shape index (κ1) is 18.8. The highest BCUT2D eigenvalue weighted by molar-refractivity contribution is 5.76. The van der Waals surface area contributed by atoms with Crippen LogP contribution < -0.4 is 5.32 Å². The summed E-state index contributed by atoms with van der Waals surface area (Å²) >= 11 is 0. The number of carboxylic acids is 1. The maximum atomic E-state index is 11.8. The van der Waals surface area contributed by atoms with E-state index in [0.29, 0.717) is 12.3 Å². The van der Waals surface area contributed by atoms with Crippen LogP contribution >= 0.6 is 0 Å². The van der Waals surface area contributed by atoms with E-state index in [1.807, 2.05) is 13.8 Å². The van der Waals surface area contributed by atoms with Crippen LogP contribution in [0, 0.1) is 11.8 Å². The van der Waals surface area contributed by atoms with Crippen molar-refractivity contribution in [1.82, 2.24) is 5.32 Å². The van der Waals surface area contributed by atoms with Crippen LogP contribution in [0.5, 0.6) is 0 Å². The smallest absolute Gasteiger partial charge is 0.303 e. The fourth-order valence-electron chi connectivity index (χ4n) is 1.84. The van der Waals surface area contributed by atoms with E-state index in [1.54, 1.807) is 0 Å². The Labute approximate surface area is 117 Å². The van der Waals surface area contributed by atoms with Crippen molar-refractivity contribution in [3.05, 3.63) is 0 Å². The molecular weight excluding hydrogens is 272 g/mol. The molecule has 118 valence electrons. The maximum Gasteiger partial charge on any atom is 0.303 e. The van der Waals surface area contributed by atoms with E-state index in [-0.39, 0.29) is 37.8 Å². The Morgan fingerprint density at radius 1 is 1.30 bits per heavy atom. The molecule has 0 aliphatic rings. The van der Waals surface area contributed by atoms with Crippen LogP contribution in [0.1, 0.15) is 33.1 Å². The Balaban J connectivity index is 3.89. The molecule has 0 saturated heterocycles. The van der Waals surface area contributed by atoms with Crippen molar-refractivity contribution in [2.24, 2.45) is 11.8 Å². The van der Waals surface area contributed by atoms with Gasteiger partial charge in [-0.25, -0.2) is 8.78 Å². The molecule has 20 heavy (non-hydrogen) atoms. The molecule has 0 aromatic heterocycles. The molecule has 1 unspecified atom stereocenters. The van der Waals surface area contributed by atoms with Crippen LogP contribution in [-0.4, -0.2) is 43.2 Å². The van der Waals surface area contributed by atoms with Gasteiger partial charge in [-0.3, -0.25) is 9.59 Å². The molecule has 0 spiro atoms. The van der Waals surface area contributed by atoms with Crippen LogP contribution in [-0.2, 0) is 14.3 Å². The van der Waals surface area contributed by atoms with E-state index < -0.39 is 19.0 Å². The number of hydrogen-bond acceptors (Lipinski definition) is 3. The number of rotatable bonds is 11. The lowest BCUT2D eigenvalue weighted by atomic mass is 9.94. The van der Waals surface area contributed by atoms with Crippen molar-refractivity contribution < 1.29 is 28.2 Å². The highest BCUT2D eigenvalue weighted by Crippen LogP contribution is 2.14. The second-order valence-corrected chi connectivity index (χ2v) is 5.11. The number of halogens is 2. The Morgan fingerprint density at radius 3 is 2.45 bits per heavy atom. The predicted octanol–water partition coefficient (Wildman–Crippen LogP) is 1.91. The molecule has 2 N–H and O–H groups in total. The summed E-state index contributed by atoms with van der Waals surface area (Å²) in [6, 6.07) is 0. The maximum absolute atomic E-state index is 11.8. The number of hydrogen-bond donors (Lipinski definition) is 2. The van der Waals surface area contributed by atoms with Crippen LogP contribution in [0.2, 0.25) is 0 Å². The lowest BCUT2D eigenvalue weighted by molar-refractivity contribution is -0.138. The van der Waals surface area contributed by atoms with Crippen molar-refractivity contribution in [3.63, 3.8) is 0 Å². The standard InChI is InChI=1S/C13H23F2NO4/c1-9(2)5-10(6-13(18)19)7-16-12(17)3-4-20-8-11(14)15/h9-11H,3-8H2,1-2H3,(H,16,17)(H,18,19). The summed E-state index contributed by atoms with van der Waals surface area (Å²) in [5.41, 5.74) is 0. The van der Waals surface area contributed by atoms with Gasteiger partial charge in [0, 0.05) is 19.4 Å². The number of amides is 1. The van der Waals surface area contributed by atoms with Gasteiger partial charge in [0.2, 0.25) is 5.91 Å². The van der Waals surface area contributed by atoms with E-state index in [2.05, 4.69) is 10.1 Å². The minimum absolute atomic E-state index is 0.000340. The Morgan fingerprint density at radius 2 is 1.95 bits per heavy atom. The first-order valence-electron chi connectivity index (χ1n) is 6.65. The fraction of sp³-hybridized carbons (Fsp3) is 0.846. The van der Waals surface area contributed by atoms with Gasteiger partial charge in [-0.15, -0.1) is 0 Å². The second kappa shape index (κ2) is 10.5. The van der Waals surface area contributed by atoms with Gasteiger partial charge in [0.1, 0.15) is 6.61 Å². The zero-order chi connectivity index (χ0) is 15.5. The minimum Gasteiger partial charge on any atom is -0.481 e. The van der Waals surface area contributed by atoms with Crippen molar-refractivity contribution >= 4 is 11.9 Å². The number of ether oxygens (including phenoxy) is 1. The second-order valence-electron chi connectivity index (χ2n) is 5.11. The third-order valence-corrected chi connectivity index (χ3v) is 2.57. The molecule has 0 aromatic rings. The van der Waals surface area contributed by atoms with E-state index in [9.17, 15) is 18.4 Å². The SMILES string of the molecule is CC(C)CC(CNC(=O)CCOCC(F)F)CC(=O)O. The predicted molar refractivity (Wildman–Crippen MR) is 69.6 cm³/mol. The van der Waals surface area contributed by atoms with Gasteiger partial charge in [0.25, 0.3) is 6.43 Å². The third kappa shape index (κ3) is 11.8. The number of carbonyl (C=O) groups is 2. The lowest BCUT2D eigenvalue weighted by Crippen LogP contribution is -2.31. The largest absolute Gasteiger partial charge is 0.481 e. The number of aliphatic carboxylic acids is 1.